The summed E-state index contributed by atoms with van der Waals surface area (Å²) in [6, 6.07) is 4.12. The van der Waals surface area contributed by atoms with Crippen molar-refractivity contribution in [3.8, 4) is 0 Å². The number of thiophene rings is 1. The van der Waals surface area contributed by atoms with Gasteiger partial charge in [-0.15, -0.1) is 23.7 Å². The highest BCUT2D eigenvalue weighted by Gasteiger charge is 2.41. The first-order valence-corrected chi connectivity index (χ1v) is 11.3. The molecule has 2 fully saturated rings. The van der Waals surface area contributed by atoms with Crippen LogP contribution in [0.2, 0.25) is 0 Å². The van der Waals surface area contributed by atoms with E-state index in [1.807, 2.05) is 28.0 Å². The average molecular weight is 437 g/mol. The van der Waals surface area contributed by atoms with E-state index < -0.39 is 0 Å². The summed E-state index contributed by atoms with van der Waals surface area (Å²) in [5, 5.41) is 7.74. The molecule has 0 bridgehead atoms. The van der Waals surface area contributed by atoms with Gasteiger partial charge in [0.25, 0.3) is 5.91 Å². The molecule has 2 aromatic rings. The maximum Gasteiger partial charge on any atom is 0.263 e. The van der Waals surface area contributed by atoms with Crippen LogP contribution in [0.15, 0.2) is 24.5 Å². The third kappa shape index (κ3) is 4.10. The number of hydrogen-bond donors (Lipinski definition) is 1. The van der Waals surface area contributed by atoms with Crippen LogP contribution in [0.3, 0.4) is 0 Å². The molecule has 29 heavy (non-hydrogen) atoms. The molecule has 2 aromatic heterocycles. The summed E-state index contributed by atoms with van der Waals surface area (Å²) in [5.41, 5.74) is 1.13. The van der Waals surface area contributed by atoms with Crippen molar-refractivity contribution >= 4 is 29.7 Å². The van der Waals surface area contributed by atoms with Gasteiger partial charge in [-0.1, -0.05) is 0 Å². The molecular formula is C21H29ClN4O2S. The molecule has 8 heteroatoms. The Balaban J connectivity index is 0.00000205. The molecule has 3 aliphatic rings. The van der Waals surface area contributed by atoms with Gasteiger partial charge in [0, 0.05) is 43.3 Å². The molecule has 1 spiro atoms. The van der Waals surface area contributed by atoms with E-state index >= 15 is 0 Å². The molecule has 158 valence electrons. The summed E-state index contributed by atoms with van der Waals surface area (Å²) in [5.74, 6) is 0.813. The maximum absolute atomic E-state index is 13.2. The van der Waals surface area contributed by atoms with Crippen LogP contribution in [-0.4, -0.2) is 53.4 Å². The van der Waals surface area contributed by atoms with Crippen molar-refractivity contribution in [1.82, 2.24) is 20.0 Å². The van der Waals surface area contributed by atoms with E-state index in [9.17, 15) is 4.79 Å². The molecule has 3 aliphatic heterocycles. The van der Waals surface area contributed by atoms with Crippen LogP contribution >= 0.6 is 23.7 Å². The molecule has 0 aliphatic carbocycles. The molecule has 1 amide bonds. The number of hydrogen-bond acceptors (Lipinski definition) is 5. The van der Waals surface area contributed by atoms with Crippen molar-refractivity contribution in [2.45, 2.75) is 44.2 Å². The van der Waals surface area contributed by atoms with Crippen LogP contribution in [0.5, 0.6) is 0 Å². The van der Waals surface area contributed by atoms with Crippen LogP contribution in [0, 0.1) is 5.92 Å². The Bertz CT molecular complexity index is 824. The van der Waals surface area contributed by atoms with E-state index in [2.05, 4.69) is 16.5 Å². The number of nitrogens with zero attached hydrogens (tertiary/aromatic N) is 3. The van der Waals surface area contributed by atoms with Crippen molar-refractivity contribution in [2.75, 3.05) is 32.8 Å². The fourth-order valence-electron chi connectivity index (χ4n) is 4.91. The largest absolute Gasteiger partial charge is 0.370 e. The van der Waals surface area contributed by atoms with Gasteiger partial charge in [-0.2, -0.15) is 5.10 Å². The second-order valence-electron chi connectivity index (χ2n) is 8.25. The lowest BCUT2D eigenvalue weighted by molar-refractivity contribution is -0.0792. The topological polar surface area (TPSA) is 59.4 Å². The van der Waals surface area contributed by atoms with Gasteiger partial charge >= 0.3 is 0 Å². The molecule has 5 heterocycles. The van der Waals surface area contributed by atoms with Gasteiger partial charge in [-0.05, 0) is 62.4 Å². The van der Waals surface area contributed by atoms with Gasteiger partial charge in [0.15, 0.2) is 0 Å². The zero-order chi connectivity index (χ0) is 19.0. The quantitative estimate of drug-likeness (QED) is 0.803. The fraction of sp³-hybridized carbons (Fsp3) is 0.619. The lowest BCUT2D eigenvalue weighted by Gasteiger charge is -2.40. The average Bonchev–Trinajstić information content (AvgIpc) is 3.39. The van der Waals surface area contributed by atoms with Gasteiger partial charge in [0.2, 0.25) is 0 Å². The first kappa shape index (κ1) is 20.8. The summed E-state index contributed by atoms with van der Waals surface area (Å²) >= 11 is 1.70. The minimum atomic E-state index is -0.162. The van der Waals surface area contributed by atoms with Gasteiger partial charge < -0.3 is 15.0 Å². The number of fused-ring (bicyclic) bond motifs is 2. The summed E-state index contributed by atoms with van der Waals surface area (Å²) in [6.07, 6.45) is 8.90. The standard InChI is InChI=1S/C21H28N4O2S.ClH/c26-20(24-11-2-16(3-12-24)15-25-10-1-7-23-25)19-14-17-18(28-19)4-13-27-21(17)5-8-22-9-6-21;/h1,7,10,14,16,22H,2-6,8-9,11-13,15H2;1H. The second-order valence-corrected chi connectivity index (χ2v) is 9.39. The van der Waals surface area contributed by atoms with Gasteiger partial charge in [0.1, 0.15) is 0 Å². The van der Waals surface area contributed by atoms with Crippen molar-refractivity contribution in [1.29, 1.82) is 0 Å². The highest BCUT2D eigenvalue weighted by Crippen LogP contribution is 2.43. The predicted molar refractivity (Wildman–Crippen MR) is 116 cm³/mol. The number of ether oxygens (including phenoxy) is 1. The molecule has 1 N–H and O–H groups in total. The van der Waals surface area contributed by atoms with Crippen LogP contribution in [0.25, 0.3) is 0 Å². The number of likely N-dealkylation sites (tertiary alicyclic amines) is 1. The van der Waals surface area contributed by atoms with Crippen LogP contribution in [0.4, 0.5) is 0 Å². The van der Waals surface area contributed by atoms with Crippen molar-refractivity contribution in [2.24, 2.45) is 5.92 Å². The number of piperidine rings is 2. The lowest BCUT2D eigenvalue weighted by Crippen LogP contribution is -2.44. The van der Waals surface area contributed by atoms with E-state index in [1.165, 1.54) is 10.4 Å². The third-order valence-corrected chi connectivity index (χ3v) is 7.72. The SMILES string of the molecule is Cl.O=C(c1cc2c(s1)CCOC21CCNCC1)N1CCC(Cn2cccn2)CC1. The number of nitrogens with one attached hydrogen (secondary N) is 1. The number of halogens is 1. The Hall–Kier alpha value is -1.41. The normalized spacial score (nSPS) is 21.6. The monoisotopic (exact) mass is 436 g/mol. The smallest absolute Gasteiger partial charge is 0.263 e. The Labute approximate surface area is 182 Å². The Morgan fingerprint density at radius 1 is 1.31 bits per heavy atom. The van der Waals surface area contributed by atoms with Gasteiger partial charge in [-0.3, -0.25) is 9.48 Å². The van der Waals surface area contributed by atoms with E-state index in [1.54, 1.807) is 11.3 Å². The van der Waals surface area contributed by atoms with Crippen LogP contribution in [0.1, 0.15) is 45.8 Å². The summed E-state index contributed by atoms with van der Waals surface area (Å²) in [4.78, 5) is 17.5. The highest BCUT2D eigenvalue weighted by atomic mass is 35.5. The lowest BCUT2D eigenvalue weighted by atomic mass is 9.83. The molecule has 0 aromatic carbocycles. The van der Waals surface area contributed by atoms with E-state index in [-0.39, 0.29) is 23.9 Å². The predicted octanol–water partition coefficient (Wildman–Crippen LogP) is 3.07. The zero-order valence-electron chi connectivity index (χ0n) is 16.6. The van der Waals surface area contributed by atoms with Crippen LogP contribution in [-0.2, 0) is 23.3 Å². The van der Waals surface area contributed by atoms with Crippen LogP contribution < -0.4 is 5.32 Å². The molecule has 0 saturated carbocycles. The number of aromatic nitrogens is 2. The van der Waals surface area contributed by atoms with Crippen molar-refractivity contribution < 1.29 is 9.53 Å². The molecular weight excluding hydrogens is 408 g/mol. The minimum absolute atomic E-state index is 0. The Morgan fingerprint density at radius 3 is 2.83 bits per heavy atom. The third-order valence-electron chi connectivity index (χ3n) is 6.54. The summed E-state index contributed by atoms with van der Waals surface area (Å²) in [6.45, 7) is 5.40. The van der Waals surface area contributed by atoms with Gasteiger partial charge in [-0.25, -0.2) is 0 Å². The van der Waals surface area contributed by atoms with E-state index in [0.29, 0.717) is 5.92 Å². The molecule has 0 unspecified atom stereocenters. The molecule has 2 saturated heterocycles. The Kier molecular flexibility index (Phi) is 6.30. The number of carbonyl (C=O) groups is 1. The number of carbonyl (C=O) groups excluding carboxylic acids is 1. The number of amides is 1. The Morgan fingerprint density at radius 2 is 2.10 bits per heavy atom. The molecule has 0 atom stereocenters. The van der Waals surface area contributed by atoms with E-state index in [4.69, 9.17) is 4.74 Å². The number of rotatable bonds is 3. The molecule has 0 radical (unpaired) electrons. The van der Waals surface area contributed by atoms with Crippen molar-refractivity contribution in [3.63, 3.8) is 0 Å². The fourth-order valence-corrected chi connectivity index (χ4v) is 6.11. The first-order valence-electron chi connectivity index (χ1n) is 10.5. The first-order chi connectivity index (χ1) is 13.7. The van der Waals surface area contributed by atoms with Gasteiger partial charge in [0.05, 0.1) is 17.1 Å². The highest BCUT2D eigenvalue weighted by molar-refractivity contribution is 7.14. The molecule has 5 rings (SSSR count). The zero-order valence-corrected chi connectivity index (χ0v) is 18.3. The minimum Gasteiger partial charge on any atom is -0.370 e. The molecule has 6 nitrogen and oxygen atoms in total. The second kappa shape index (κ2) is 8.76. The maximum atomic E-state index is 13.2. The van der Waals surface area contributed by atoms with E-state index in [0.717, 1.165) is 76.3 Å². The van der Waals surface area contributed by atoms with Crippen molar-refractivity contribution in [3.05, 3.63) is 39.8 Å². The summed E-state index contributed by atoms with van der Waals surface area (Å²) < 4.78 is 8.28. The summed E-state index contributed by atoms with van der Waals surface area (Å²) in [7, 11) is 0.